The Morgan fingerprint density at radius 1 is 1.14 bits per heavy atom. The number of para-hydroxylation sites is 2. The Balaban J connectivity index is 2.85. The first-order chi connectivity index (χ1) is 9.71. The summed E-state index contributed by atoms with van der Waals surface area (Å²) in [5, 5.41) is 0. The van der Waals surface area contributed by atoms with Crippen molar-refractivity contribution in [3.05, 3.63) is 41.4 Å². The van der Waals surface area contributed by atoms with E-state index in [4.69, 9.17) is 11.5 Å². The van der Waals surface area contributed by atoms with Gasteiger partial charge in [0.05, 0.1) is 11.0 Å². The zero-order valence-corrected chi connectivity index (χ0v) is 11.6. The lowest BCUT2D eigenvalue weighted by Crippen LogP contribution is -2.24. The Bertz CT molecular complexity index is 701. The SMILES string of the molecule is C/C(N)=C(\c1nc2ccccc2nc1C(F)(F)F)C(C)N. The number of hydrogen-bond acceptors (Lipinski definition) is 4. The van der Waals surface area contributed by atoms with Crippen LogP contribution in [0.2, 0.25) is 0 Å². The molecule has 1 heterocycles. The second-order valence-corrected chi connectivity index (χ2v) is 4.79. The molecule has 0 bridgehead atoms. The third kappa shape index (κ3) is 2.97. The standard InChI is InChI=1S/C14H15F3N4/c1-7(18)11(8(2)19)12-13(14(15,16)17)21-10-6-4-3-5-9(10)20-12/h3-7H,18-19H2,1-2H3/b11-8+. The number of rotatable bonds is 2. The van der Waals surface area contributed by atoms with Crippen molar-refractivity contribution in [2.24, 2.45) is 11.5 Å². The molecule has 7 heteroatoms. The fourth-order valence-electron chi connectivity index (χ4n) is 2.15. The minimum Gasteiger partial charge on any atom is -0.402 e. The number of halogens is 3. The summed E-state index contributed by atoms with van der Waals surface area (Å²) < 4.78 is 39.8. The smallest absolute Gasteiger partial charge is 0.402 e. The Morgan fingerprint density at radius 2 is 1.67 bits per heavy atom. The van der Waals surface area contributed by atoms with E-state index in [-0.39, 0.29) is 22.5 Å². The monoisotopic (exact) mass is 296 g/mol. The van der Waals surface area contributed by atoms with E-state index < -0.39 is 17.9 Å². The van der Waals surface area contributed by atoms with Crippen LogP contribution in [0.4, 0.5) is 13.2 Å². The van der Waals surface area contributed by atoms with Crippen LogP contribution in [0.15, 0.2) is 30.0 Å². The molecule has 0 radical (unpaired) electrons. The van der Waals surface area contributed by atoms with Gasteiger partial charge in [0.15, 0.2) is 5.69 Å². The van der Waals surface area contributed by atoms with E-state index in [0.29, 0.717) is 5.52 Å². The van der Waals surface area contributed by atoms with Gasteiger partial charge in [-0.15, -0.1) is 0 Å². The van der Waals surface area contributed by atoms with Crippen LogP contribution in [0.25, 0.3) is 16.6 Å². The van der Waals surface area contributed by atoms with Crippen LogP contribution in [0.1, 0.15) is 25.2 Å². The zero-order valence-electron chi connectivity index (χ0n) is 11.6. The van der Waals surface area contributed by atoms with Gasteiger partial charge >= 0.3 is 6.18 Å². The van der Waals surface area contributed by atoms with Crippen molar-refractivity contribution >= 4 is 16.6 Å². The molecule has 0 aliphatic carbocycles. The van der Waals surface area contributed by atoms with Crippen molar-refractivity contribution in [2.75, 3.05) is 0 Å². The highest BCUT2D eigenvalue weighted by Gasteiger charge is 2.38. The number of hydrogen-bond donors (Lipinski definition) is 2. The van der Waals surface area contributed by atoms with Gasteiger partial charge in [-0.05, 0) is 26.0 Å². The number of benzene rings is 1. The lowest BCUT2D eigenvalue weighted by atomic mass is 10.0. The molecular formula is C14H15F3N4. The fourth-order valence-corrected chi connectivity index (χ4v) is 2.15. The second kappa shape index (κ2) is 5.33. The molecule has 0 fully saturated rings. The first kappa shape index (κ1) is 15.2. The number of allylic oxidation sites excluding steroid dienone is 1. The molecule has 112 valence electrons. The van der Waals surface area contributed by atoms with Crippen LogP contribution in [0.3, 0.4) is 0 Å². The average Bonchev–Trinajstić information content (AvgIpc) is 2.35. The molecule has 4 N–H and O–H groups in total. The minimum atomic E-state index is -4.64. The van der Waals surface area contributed by atoms with Gasteiger partial charge in [0.1, 0.15) is 5.69 Å². The topological polar surface area (TPSA) is 77.8 Å². The summed E-state index contributed by atoms with van der Waals surface area (Å²) in [5.41, 5.74) is 10.9. The van der Waals surface area contributed by atoms with Crippen molar-refractivity contribution in [3.63, 3.8) is 0 Å². The van der Waals surface area contributed by atoms with Crippen molar-refractivity contribution in [1.29, 1.82) is 0 Å². The summed E-state index contributed by atoms with van der Waals surface area (Å²) in [4.78, 5) is 7.78. The molecule has 1 atom stereocenters. The van der Waals surface area contributed by atoms with Crippen LogP contribution in [0, 0.1) is 0 Å². The van der Waals surface area contributed by atoms with Gasteiger partial charge in [-0.1, -0.05) is 12.1 Å². The summed E-state index contributed by atoms with van der Waals surface area (Å²) in [5.74, 6) is 0. The van der Waals surface area contributed by atoms with Gasteiger partial charge in [0.25, 0.3) is 0 Å². The molecular weight excluding hydrogens is 281 g/mol. The minimum absolute atomic E-state index is 0.153. The van der Waals surface area contributed by atoms with Crippen LogP contribution < -0.4 is 11.5 Å². The predicted molar refractivity (Wildman–Crippen MR) is 75.0 cm³/mol. The van der Waals surface area contributed by atoms with Crippen LogP contribution in [-0.2, 0) is 6.18 Å². The Hall–Kier alpha value is -2.15. The Morgan fingerprint density at radius 3 is 2.10 bits per heavy atom. The highest BCUT2D eigenvalue weighted by Crippen LogP contribution is 2.35. The van der Waals surface area contributed by atoms with Crippen molar-refractivity contribution < 1.29 is 13.2 Å². The van der Waals surface area contributed by atoms with Gasteiger partial charge in [0.2, 0.25) is 0 Å². The lowest BCUT2D eigenvalue weighted by Gasteiger charge is -2.18. The van der Waals surface area contributed by atoms with E-state index in [1.165, 1.54) is 13.0 Å². The van der Waals surface area contributed by atoms with Gasteiger partial charge in [-0.25, -0.2) is 9.97 Å². The van der Waals surface area contributed by atoms with Crippen molar-refractivity contribution in [1.82, 2.24) is 9.97 Å². The number of fused-ring (bicyclic) bond motifs is 1. The third-order valence-electron chi connectivity index (χ3n) is 2.97. The summed E-state index contributed by atoms with van der Waals surface area (Å²) in [6, 6.07) is 5.67. The molecule has 0 saturated heterocycles. The summed E-state index contributed by atoms with van der Waals surface area (Å²) in [7, 11) is 0. The number of alkyl halides is 3. The molecule has 21 heavy (non-hydrogen) atoms. The maximum Gasteiger partial charge on any atom is 0.435 e. The maximum absolute atomic E-state index is 13.3. The van der Waals surface area contributed by atoms with Gasteiger partial charge < -0.3 is 11.5 Å². The van der Waals surface area contributed by atoms with E-state index in [1.807, 2.05) is 0 Å². The Kier molecular flexibility index (Phi) is 3.87. The third-order valence-corrected chi connectivity index (χ3v) is 2.97. The van der Waals surface area contributed by atoms with Gasteiger partial charge in [-0.3, -0.25) is 0 Å². The fraction of sp³-hybridized carbons (Fsp3) is 0.286. The van der Waals surface area contributed by atoms with Gasteiger partial charge in [0, 0.05) is 17.3 Å². The normalized spacial score (nSPS) is 15.0. The van der Waals surface area contributed by atoms with E-state index in [2.05, 4.69) is 9.97 Å². The zero-order chi connectivity index (χ0) is 15.8. The second-order valence-electron chi connectivity index (χ2n) is 4.79. The molecule has 1 aromatic carbocycles. The first-order valence-corrected chi connectivity index (χ1v) is 6.28. The van der Waals surface area contributed by atoms with Crippen molar-refractivity contribution in [3.8, 4) is 0 Å². The van der Waals surface area contributed by atoms with Crippen LogP contribution in [0.5, 0.6) is 0 Å². The summed E-state index contributed by atoms with van der Waals surface area (Å²) >= 11 is 0. The number of aromatic nitrogens is 2. The van der Waals surface area contributed by atoms with Crippen molar-refractivity contribution in [2.45, 2.75) is 26.1 Å². The first-order valence-electron chi connectivity index (χ1n) is 6.28. The molecule has 0 spiro atoms. The van der Waals surface area contributed by atoms with E-state index in [9.17, 15) is 13.2 Å². The molecule has 1 aromatic heterocycles. The largest absolute Gasteiger partial charge is 0.435 e. The number of nitrogens with zero attached hydrogens (tertiary/aromatic N) is 2. The molecule has 4 nitrogen and oxygen atoms in total. The molecule has 2 aromatic rings. The molecule has 0 aliphatic rings. The average molecular weight is 296 g/mol. The van der Waals surface area contributed by atoms with Crippen LogP contribution in [-0.4, -0.2) is 16.0 Å². The summed E-state index contributed by atoms with van der Waals surface area (Å²) in [6.07, 6.45) is -4.64. The maximum atomic E-state index is 13.3. The van der Waals surface area contributed by atoms with E-state index >= 15 is 0 Å². The molecule has 0 amide bonds. The molecule has 2 rings (SSSR count). The highest BCUT2D eigenvalue weighted by molar-refractivity contribution is 5.79. The van der Waals surface area contributed by atoms with Crippen LogP contribution >= 0.6 is 0 Å². The molecule has 0 aliphatic heterocycles. The highest BCUT2D eigenvalue weighted by atomic mass is 19.4. The summed E-state index contributed by atoms with van der Waals surface area (Å²) in [6.45, 7) is 3.05. The van der Waals surface area contributed by atoms with Gasteiger partial charge in [-0.2, -0.15) is 13.2 Å². The van der Waals surface area contributed by atoms with E-state index in [1.54, 1.807) is 25.1 Å². The molecule has 0 saturated carbocycles. The number of nitrogens with two attached hydrogens (primary N) is 2. The van der Waals surface area contributed by atoms with E-state index in [0.717, 1.165) is 0 Å². The molecule has 1 unspecified atom stereocenters. The quantitative estimate of drug-likeness (QED) is 0.893. The Labute approximate surface area is 119 Å². The predicted octanol–water partition coefficient (Wildman–Crippen LogP) is 2.69. The lowest BCUT2D eigenvalue weighted by molar-refractivity contribution is -0.141.